The standard InChI is InChI=1S/C21H21FN4O7S/c1-33-19-7-5-15(34(31,32)24-13-2-3-13)10-17(19)23-21(28)12-8-20(27)25(11-12)14-4-6-16(22)18(9-14)26(29)30/h4-7,9-10,12-13,24H,2-3,8,11H2,1H3,(H,23,28). The first-order valence-corrected chi connectivity index (χ1v) is 11.8. The predicted molar refractivity (Wildman–Crippen MR) is 118 cm³/mol. The van der Waals surface area contributed by atoms with Crippen molar-refractivity contribution >= 4 is 38.9 Å². The number of nitrogens with one attached hydrogen (secondary N) is 2. The number of methoxy groups -OCH3 is 1. The highest BCUT2D eigenvalue weighted by Crippen LogP contribution is 2.32. The third-order valence-corrected chi connectivity index (χ3v) is 7.09. The second-order valence-corrected chi connectivity index (χ2v) is 9.76. The third-order valence-electron chi connectivity index (χ3n) is 5.57. The van der Waals surface area contributed by atoms with Gasteiger partial charge in [-0.2, -0.15) is 4.39 Å². The second kappa shape index (κ2) is 8.99. The molecule has 2 aromatic rings. The molecule has 4 rings (SSSR count). The zero-order chi connectivity index (χ0) is 24.6. The summed E-state index contributed by atoms with van der Waals surface area (Å²) >= 11 is 0. The maximum absolute atomic E-state index is 13.6. The molecule has 1 saturated carbocycles. The smallest absolute Gasteiger partial charge is 0.306 e. The Morgan fingerprint density at radius 3 is 2.62 bits per heavy atom. The van der Waals surface area contributed by atoms with Gasteiger partial charge in [-0.3, -0.25) is 19.7 Å². The summed E-state index contributed by atoms with van der Waals surface area (Å²) in [4.78, 5) is 36.6. The molecule has 0 spiro atoms. The van der Waals surface area contributed by atoms with Crippen molar-refractivity contribution in [3.05, 3.63) is 52.3 Å². The molecule has 0 bridgehead atoms. The van der Waals surface area contributed by atoms with Gasteiger partial charge >= 0.3 is 5.69 Å². The average Bonchev–Trinajstić information content (AvgIpc) is 3.51. The molecule has 1 aliphatic heterocycles. The fourth-order valence-electron chi connectivity index (χ4n) is 3.62. The fourth-order valence-corrected chi connectivity index (χ4v) is 4.95. The van der Waals surface area contributed by atoms with Crippen molar-refractivity contribution in [3.8, 4) is 5.75 Å². The molecule has 2 N–H and O–H groups in total. The van der Waals surface area contributed by atoms with Gasteiger partial charge in [0.15, 0.2) is 0 Å². The Bertz CT molecular complexity index is 1280. The number of carbonyl (C=O) groups is 2. The number of hydrogen-bond donors (Lipinski definition) is 2. The highest BCUT2D eigenvalue weighted by molar-refractivity contribution is 7.89. The van der Waals surface area contributed by atoms with E-state index in [1.54, 1.807) is 0 Å². The van der Waals surface area contributed by atoms with Crippen molar-refractivity contribution in [2.24, 2.45) is 5.92 Å². The lowest BCUT2D eigenvalue weighted by Crippen LogP contribution is -2.28. The Labute approximate surface area is 194 Å². The first-order chi connectivity index (χ1) is 16.1. The zero-order valence-corrected chi connectivity index (χ0v) is 18.8. The van der Waals surface area contributed by atoms with Gasteiger partial charge in [0.05, 0.1) is 34.2 Å². The number of hydrogen-bond acceptors (Lipinski definition) is 7. The van der Waals surface area contributed by atoms with Crippen LogP contribution in [-0.2, 0) is 19.6 Å². The Morgan fingerprint density at radius 2 is 1.97 bits per heavy atom. The van der Waals surface area contributed by atoms with Crippen molar-refractivity contribution in [3.63, 3.8) is 0 Å². The monoisotopic (exact) mass is 492 g/mol. The van der Waals surface area contributed by atoms with Crippen molar-refractivity contribution in [2.75, 3.05) is 23.9 Å². The van der Waals surface area contributed by atoms with Crippen molar-refractivity contribution in [1.82, 2.24) is 4.72 Å². The number of nitrogens with zero attached hydrogens (tertiary/aromatic N) is 2. The third kappa shape index (κ3) is 4.84. The van der Waals surface area contributed by atoms with Crippen molar-refractivity contribution < 1.29 is 32.1 Å². The minimum atomic E-state index is -3.77. The number of nitro benzene ring substituents is 1. The van der Waals surface area contributed by atoms with Gasteiger partial charge in [0.25, 0.3) is 0 Å². The van der Waals surface area contributed by atoms with E-state index in [0.717, 1.165) is 25.0 Å². The molecular weight excluding hydrogens is 471 g/mol. The molecule has 2 fully saturated rings. The molecule has 1 unspecified atom stereocenters. The molecule has 1 aliphatic carbocycles. The summed E-state index contributed by atoms with van der Waals surface area (Å²) in [6.45, 7) is -0.0863. The van der Waals surface area contributed by atoms with Crippen LogP contribution in [-0.4, -0.2) is 44.9 Å². The molecule has 2 aliphatic rings. The Hall–Kier alpha value is -3.58. The van der Waals surface area contributed by atoms with Gasteiger partial charge in [-0.15, -0.1) is 0 Å². The van der Waals surface area contributed by atoms with E-state index in [9.17, 15) is 32.5 Å². The lowest BCUT2D eigenvalue weighted by atomic mass is 10.1. The Kier molecular flexibility index (Phi) is 6.23. The summed E-state index contributed by atoms with van der Waals surface area (Å²) in [5.74, 6) is -2.65. The normalized spacial score (nSPS) is 18.1. The van der Waals surface area contributed by atoms with Gasteiger partial charge in [-0.05, 0) is 43.2 Å². The first-order valence-electron chi connectivity index (χ1n) is 10.3. The zero-order valence-electron chi connectivity index (χ0n) is 18.0. The van der Waals surface area contributed by atoms with E-state index in [1.807, 2.05) is 0 Å². The van der Waals surface area contributed by atoms with Gasteiger partial charge in [-0.25, -0.2) is 13.1 Å². The lowest BCUT2D eigenvalue weighted by Gasteiger charge is -2.17. The summed E-state index contributed by atoms with van der Waals surface area (Å²) in [6, 6.07) is 7.02. The number of amides is 2. The number of rotatable bonds is 8. The van der Waals surface area contributed by atoms with Crippen LogP contribution in [0.15, 0.2) is 41.3 Å². The minimum absolute atomic E-state index is 0.0433. The molecular formula is C21H21FN4O7S. The largest absolute Gasteiger partial charge is 0.495 e. The van der Waals surface area contributed by atoms with Crippen LogP contribution in [0.5, 0.6) is 5.75 Å². The molecule has 2 aromatic carbocycles. The second-order valence-electron chi connectivity index (χ2n) is 8.05. The molecule has 13 heteroatoms. The first kappa shape index (κ1) is 23.6. The maximum Gasteiger partial charge on any atom is 0.306 e. The summed E-state index contributed by atoms with van der Waals surface area (Å²) in [7, 11) is -2.41. The number of carbonyl (C=O) groups excluding carboxylic acids is 2. The van der Waals surface area contributed by atoms with E-state index in [1.165, 1.54) is 36.3 Å². The number of halogens is 1. The number of benzene rings is 2. The summed E-state index contributed by atoms with van der Waals surface area (Å²) in [6.07, 6.45) is 1.35. The summed E-state index contributed by atoms with van der Waals surface area (Å²) < 4.78 is 46.5. The molecule has 0 radical (unpaired) electrons. The van der Waals surface area contributed by atoms with Gasteiger partial charge < -0.3 is 15.0 Å². The molecule has 2 amide bonds. The number of anilines is 2. The number of ether oxygens (including phenoxy) is 1. The molecule has 1 heterocycles. The van der Waals surface area contributed by atoms with Crippen LogP contribution in [0.4, 0.5) is 21.5 Å². The molecule has 1 atom stereocenters. The SMILES string of the molecule is COc1ccc(S(=O)(=O)NC2CC2)cc1NC(=O)C1CC(=O)N(c2ccc(F)c([N+](=O)[O-])c2)C1. The van der Waals surface area contributed by atoms with Crippen molar-refractivity contribution in [2.45, 2.75) is 30.2 Å². The van der Waals surface area contributed by atoms with Crippen LogP contribution < -0.4 is 19.7 Å². The number of nitro groups is 1. The highest BCUT2D eigenvalue weighted by Gasteiger charge is 2.36. The van der Waals surface area contributed by atoms with Crippen LogP contribution in [0, 0.1) is 21.8 Å². The quantitative estimate of drug-likeness (QED) is 0.424. The van der Waals surface area contributed by atoms with Crippen LogP contribution in [0.25, 0.3) is 0 Å². The Balaban J connectivity index is 1.52. The Morgan fingerprint density at radius 1 is 1.24 bits per heavy atom. The summed E-state index contributed by atoms with van der Waals surface area (Å²) in [5.41, 5.74) is -0.555. The fraction of sp³-hybridized carbons (Fsp3) is 0.333. The highest BCUT2D eigenvalue weighted by atomic mass is 32.2. The average molecular weight is 492 g/mol. The van der Waals surface area contributed by atoms with E-state index in [-0.39, 0.29) is 41.0 Å². The number of sulfonamides is 1. The van der Waals surface area contributed by atoms with Crippen LogP contribution in [0.3, 0.4) is 0 Å². The van der Waals surface area contributed by atoms with Gasteiger partial charge in [0, 0.05) is 25.1 Å². The predicted octanol–water partition coefficient (Wildman–Crippen LogP) is 2.17. The molecule has 34 heavy (non-hydrogen) atoms. The van der Waals surface area contributed by atoms with E-state index in [0.29, 0.717) is 0 Å². The van der Waals surface area contributed by atoms with Gasteiger partial charge in [-0.1, -0.05) is 0 Å². The molecule has 0 aromatic heterocycles. The van der Waals surface area contributed by atoms with Gasteiger partial charge in [0.1, 0.15) is 5.75 Å². The molecule has 1 saturated heterocycles. The van der Waals surface area contributed by atoms with E-state index >= 15 is 0 Å². The van der Waals surface area contributed by atoms with Crippen LogP contribution >= 0.6 is 0 Å². The van der Waals surface area contributed by atoms with Crippen molar-refractivity contribution in [1.29, 1.82) is 0 Å². The lowest BCUT2D eigenvalue weighted by molar-refractivity contribution is -0.387. The van der Waals surface area contributed by atoms with Crippen LogP contribution in [0.1, 0.15) is 19.3 Å². The summed E-state index contributed by atoms with van der Waals surface area (Å²) in [5, 5.41) is 13.6. The minimum Gasteiger partial charge on any atom is -0.495 e. The van der Waals surface area contributed by atoms with E-state index in [2.05, 4.69) is 10.0 Å². The van der Waals surface area contributed by atoms with Gasteiger partial charge in [0.2, 0.25) is 27.7 Å². The topological polar surface area (TPSA) is 148 Å². The molecule has 11 nitrogen and oxygen atoms in total. The van der Waals surface area contributed by atoms with E-state index < -0.39 is 44.2 Å². The van der Waals surface area contributed by atoms with Crippen LogP contribution in [0.2, 0.25) is 0 Å². The maximum atomic E-state index is 13.6. The van der Waals surface area contributed by atoms with E-state index in [4.69, 9.17) is 4.74 Å². The molecule has 180 valence electrons.